The van der Waals surface area contributed by atoms with Gasteiger partial charge < -0.3 is 15.2 Å². The van der Waals surface area contributed by atoms with Crippen LogP contribution in [0.2, 0.25) is 0 Å². The molecule has 19 heavy (non-hydrogen) atoms. The summed E-state index contributed by atoms with van der Waals surface area (Å²) in [6, 6.07) is 4.29. The number of rotatable bonds is 7. The number of nitro benzene ring substituents is 1. The third-order valence-electron chi connectivity index (χ3n) is 2.74. The maximum Gasteiger partial charge on any atom is 0.292 e. The number of aliphatic hydroxyl groups is 1. The fourth-order valence-corrected chi connectivity index (χ4v) is 1.88. The highest BCUT2D eigenvalue weighted by Crippen LogP contribution is 2.29. The van der Waals surface area contributed by atoms with Gasteiger partial charge in [-0.05, 0) is 18.4 Å². The molecule has 0 aromatic heterocycles. The van der Waals surface area contributed by atoms with Crippen LogP contribution in [0.5, 0.6) is 5.75 Å². The highest BCUT2D eigenvalue weighted by atomic mass is 16.6. The molecule has 2 N–H and O–H groups in total. The van der Waals surface area contributed by atoms with Crippen molar-refractivity contribution >= 4 is 11.4 Å². The molecule has 0 amide bonds. The van der Waals surface area contributed by atoms with E-state index in [1.807, 2.05) is 13.8 Å². The van der Waals surface area contributed by atoms with Gasteiger partial charge in [0.25, 0.3) is 5.69 Å². The first-order chi connectivity index (χ1) is 8.97. The fourth-order valence-electron chi connectivity index (χ4n) is 1.88. The van der Waals surface area contributed by atoms with Gasteiger partial charge >= 0.3 is 0 Å². The molecule has 6 nitrogen and oxygen atoms in total. The van der Waals surface area contributed by atoms with E-state index in [0.29, 0.717) is 17.4 Å². The third-order valence-corrected chi connectivity index (χ3v) is 2.74. The lowest BCUT2D eigenvalue weighted by atomic mass is 10.0. The van der Waals surface area contributed by atoms with Crippen LogP contribution < -0.4 is 10.1 Å². The first kappa shape index (κ1) is 15.2. The van der Waals surface area contributed by atoms with Crippen LogP contribution in [-0.2, 0) is 0 Å². The SMILES string of the molecule is COc1ccc([N+](=O)[O-])c(NC(CO)CC(C)C)c1. The quantitative estimate of drug-likeness (QED) is 0.586. The van der Waals surface area contributed by atoms with Crippen molar-refractivity contribution < 1.29 is 14.8 Å². The molecule has 1 unspecified atom stereocenters. The van der Waals surface area contributed by atoms with Gasteiger partial charge in [0.2, 0.25) is 0 Å². The van der Waals surface area contributed by atoms with Crippen molar-refractivity contribution in [1.82, 2.24) is 0 Å². The molecule has 0 spiro atoms. The van der Waals surface area contributed by atoms with Crippen LogP contribution in [0.15, 0.2) is 18.2 Å². The average Bonchev–Trinajstić information content (AvgIpc) is 2.36. The minimum atomic E-state index is -0.453. The summed E-state index contributed by atoms with van der Waals surface area (Å²) in [6.45, 7) is 3.99. The summed E-state index contributed by atoms with van der Waals surface area (Å²) in [5.41, 5.74) is 0.340. The number of ether oxygens (including phenoxy) is 1. The Kier molecular flexibility index (Phi) is 5.57. The first-order valence-corrected chi connectivity index (χ1v) is 6.17. The molecule has 0 heterocycles. The van der Waals surface area contributed by atoms with Gasteiger partial charge in [-0.2, -0.15) is 0 Å². The molecule has 0 aliphatic heterocycles. The van der Waals surface area contributed by atoms with Gasteiger partial charge in [0, 0.05) is 18.2 Å². The Hall–Kier alpha value is -1.82. The molecule has 0 radical (unpaired) electrons. The van der Waals surface area contributed by atoms with Crippen LogP contribution in [0.4, 0.5) is 11.4 Å². The molecule has 0 bridgehead atoms. The van der Waals surface area contributed by atoms with Gasteiger partial charge in [-0.15, -0.1) is 0 Å². The Morgan fingerprint density at radius 3 is 2.63 bits per heavy atom. The molecule has 0 aliphatic rings. The lowest BCUT2D eigenvalue weighted by molar-refractivity contribution is -0.384. The van der Waals surface area contributed by atoms with E-state index < -0.39 is 4.92 Å². The molecule has 1 rings (SSSR count). The van der Waals surface area contributed by atoms with Gasteiger partial charge in [0.15, 0.2) is 0 Å². The number of nitro groups is 1. The first-order valence-electron chi connectivity index (χ1n) is 6.17. The molecular weight excluding hydrogens is 248 g/mol. The second-order valence-electron chi connectivity index (χ2n) is 4.79. The minimum absolute atomic E-state index is 0.0250. The maximum absolute atomic E-state index is 11.0. The van der Waals surface area contributed by atoms with Gasteiger partial charge in [-0.3, -0.25) is 10.1 Å². The van der Waals surface area contributed by atoms with Crippen LogP contribution in [0.3, 0.4) is 0 Å². The zero-order valence-electron chi connectivity index (χ0n) is 11.4. The van der Waals surface area contributed by atoms with E-state index in [-0.39, 0.29) is 18.3 Å². The molecule has 0 aliphatic carbocycles. The number of methoxy groups -OCH3 is 1. The highest BCUT2D eigenvalue weighted by molar-refractivity contribution is 5.64. The zero-order chi connectivity index (χ0) is 14.4. The van der Waals surface area contributed by atoms with Crippen molar-refractivity contribution in [2.24, 2.45) is 5.92 Å². The predicted octanol–water partition coefficient (Wildman–Crippen LogP) is 2.42. The fraction of sp³-hybridized carbons (Fsp3) is 0.538. The second kappa shape index (κ2) is 6.94. The van der Waals surface area contributed by atoms with Crippen molar-refractivity contribution in [3.05, 3.63) is 28.3 Å². The van der Waals surface area contributed by atoms with Crippen molar-refractivity contribution in [3.63, 3.8) is 0 Å². The summed E-state index contributed by atoms with van der Waals surface area (Å²) in [5, 5.41) is 23.3. The van der Waals surface area contributed by atoms with Crippen molar-refractivity contribution in [2.45, 2.75) is 26.3 Å². The van der Waals surface area contributed by atoms with Crippen LogP contribution in [-0.4, -0.2) is 29.8 Å². The Balaban J connectivity index is 2.98. The highest BCUT2D eigenvalue weighted by Gasteiger charge is 2.18. The molecule has 1 aromatic carbocycles. The minimum Gasteiger partial charge on any atom is -0.497 e. The van der Waals surface area contributed by atoms with Gasteiger partial charge in [0.05, 0.1) is 18.6 Å². The number of benzene rings is 1. The van der Waals surface area contributed by atoms with E-state index in [9.17, 15) is 15.2 Å². The summed E-state index contributed by atoms with van der Waals surface area (Å²) in [5.74, 6) is 0.920. The molecule has 1 aromatic rings. The van der Waals surface area contributed by atoms with Crippen molar-refractivity contribution in [1.29, 1.82) is 0 Å². The monoisotopic (exact) mass is 268 g/mol. The third kappa shape index (κ3) is 4.40. The Bertz CT molecular complexity index is 435. The zero-order valence-corrected chi connectivity index (χ0v) is 11.4. The maximum atomic E-state index is 11.0. The molecule has 1 atom stereocenters. The van der Waals surface area contributed by atoms with Gasteiger partial charge in [-0.25, -0.2) is 0 Å². The molecule has 106 valence electrons. The predicted molar refractivity (Wildman–Crippen MR) is 73.6 cm³/mol. The number of nitrogens with zero attached hydrogens (tertiary/aromatic N) is 1. The van der Waals surface area contributed by atoms with Crippen LogP contribution in [0, 0.1) is 16.0 Å². The number of aliphatic hydroxyl groups excluding tert-OH is 1. The van der Waals surface area contributed by atoms with Crippen LogP contribution >= 0.6 is 0 Å². The van der Waals surface area contributed by atoms with Gasteiger partial charge in [0.1, 0.15) is 11.4 Å². The smallest absolute Gasteiger partial charge is 0.292 e. The number of nitrogens with one attached hydrogen (secondary N) is 1. The van der Waals surface area contributed by atoms with E-state index >= 15 is 0 Å². The van der Waals surface area contributed by atoms with E-state index in [1.165, 1.54) is 13.2 Å². The van der Waals surface area contributed by atoms with Gasteiger partial charge in [-0.1, -0.05) is 13.8 Å². The molecular formula is C13H20N2O4. The topological polar surface area (TPSA) is 84.6 Å². The van der Waals surface area contributed by atoms with E-state index in [1.54, 1.807) is 12.1 Å². The number of anilines is 1. The van der Waals surface area contributed by atoms with Crippen molar-refractivity contribution in [3.8, 4) is 5.75 Å². The Morgan fingerprint density at radius 1 is 1.47 bits per heavy atom. The molecule has 0 saturated carbocycles. The van der Waals surface area contributed by atoms with Crippen LogP contribution in [0.25, 0.3) is 0 Å². The Labute approximate surface area is 112 Å². The Morgan fingerprint density at radius 2 is 2.16 bits per heavy atom. The van der Waals surface area contributed by atoms with E-state index in [0.717, 1.165) is 6.42 Å². The summed E-state index contributed by atoms with van der Waals surface area (Å²) < 4.78 is 5.06. The number of hydrogen-bond donors (Lipinski definition) is 2. The second-order valence-corrected chi connectivity index (χ2v) is 4.79. The van der Waals surface area contributed by atoms with Crippen molar-refractivity contribution in [2.75, 3.05) is 19.0 Å². The summed E-state index contributed by atoms with van der Waals surface area (Å²) in [6.07, 6.45) is 0.727. The van der Waals surface area contributed by atoms with Crippen LogP contribution in [0.1, 0.15) is 20.3 Å². The van der Waals surface area contributed by atoms with E-state index in [4.69, 9.17) is 4.74 Å². The average molecular weight is 268 g/mol. The largest absolute Gasteiger partial charge is 0.497 e. The molecule has 0 fully saturated rings. The summed E-state index contributed by atoms with van der Waals surface area (Å²) in [7, 11) is 1.50. The lowest BCUT2D eigenvalue weighted by Gasteiger charge is -2.19. The lowest BCUT2D eigenvalue weighted by Crippen LogP contribution is -2.26. The molecule has 0 saturated heterocycles. The normalized spacial score (nSPS) is 12.3. The standard InChI is InChI=1S/C13H20N2O4/c1-9(2)6-10(8-16)14-12-7-11(19-3)4-5-13(12)15(17)18/h4-5,7,9-10,14,16H,6,8H2,1-3H3. The number of hydrogen-bond acceptors (Lipinski definition) is 5. The molecule has 6 heteroatoms. The summed E-state index contributed by atoms with van der Waals surface area (Å²) in [4.78, 5) is 10.5. The summed E-state index contributed by atoms with van der Waals surface area (Å²) >= 11 is 0. The van der Waals surface area contributed by atoms with E-state index in [2.05, 4.69) is 5.32 Å².